The van der Waals surface area contributed by atoms with Crippen LogP contribution in [-0.4, -0.2) is 24.3 Å². The summed E-state index contributed by atoms with van der Waals surface area (Å²) in [5.41, 5.74) is 0. The van der Waals surface area contributed by atoms with Crippen LogP contribution in [0.4, 0.5) is 0 Å². The van der Waals surface area contributed by atoms with Crippen molar-refractivity contribution in [2.45, 2.75) is 12.5 Å². The molecule has 0 fully saturated rings. The SMILES string of the molecule is CSCC1CC=CC=N1. The van der Waals surface area contributed by atoms with Crippen molar-refractivity contribution in [1.82, 2.24) is 0 Å². The summed E-state index contributed by atoms with van der Waals surface area (Å²) in [5, 5.41) is 0. The summed E-state index contributed by atoms with van der Waals surface area (Å²) in [6.07, 6.45) is 9.32. The number of allylic oxidation sites excluding steroid dienone is 1. The normalized spacial score (nSPS) is 24.8. The highest BCUT2D eigenvalue weighted by molar-refractivity contribution is 7.98. The molecule has 1 rings (SSSR count). The summed E-state index contributed by atoms with van der Waals surface area (Å²) in [6, 6.07) is 0.546. The largest absolute Gasteiger partial charge is 0.289 e. The van der Waals surface area contributed by atoms with Crippen molar-refractivity contribution >= 4 is 18.0 Å². The molecular formula is C7H11NS. The average Bonchev–Trinajstić information content (AvgIpc) is 1.91. The maximum Gasteiger partial charge on any atom is 0.0624 e. The van der Waals surface area contributed by atoms with E-state index in [0.717, 1.165) is 12.2 Å². The summed E-state index contributed by atoms with van der Waals surface area (Å²) in [7, 11) is 0. The monoisotopic (exact) mass is 141 g/mol. The Bertz CT molecular complexity index is 129. The number of hydrogen-bond acceptors (Lipinski definition) is 2. The van der Waals surface area contributed by atoms with Gasteiger partial charge in [-0.3, -0.25) is 4.99 Å². The minimum Gasteiger partial charge on any atom is -0.289 e. The van der Waals surface area contributed by atoms with E-state index in [1.807, 2.05) is 24.1 Å². The van der Waals surface area contributed by atoms with Gasteiger partial charge < -0.3 is 0 Å². The smallest absolute Gasteiger partial charge is 0.0624 e. The van der Waals surface area contributed by atoms with Crippen LogP contribution in [-0.2, 0) is 0 Å². The Labute approximate surface area is 60.3 Å². The molecule has 1 nitrogen and oxygen atoms in total. The molecule has 2 heteroatoms. The molecule has 0 spiro atoms. The number of dihydropyridines is 1. The van der Waals surface area contributed by atoms with E-state index in [2.05, 4.69) is 17.3 Å². The highest BCUT2D eigenvalue weighted by Gasteiger charge is 2.03. The molecule has 1 aliphatic heterocycles. The number of hydrogen-bond donors (Lipinski definition) is 0. The van der Waals surface area contributed by atoms with E-state index in [9.17, 15) is 0 Å². The zero-order valence-electron chi connectivity index (χ0n) is 5.58. The fourth-order valence-electron chi connectivity index (χ4n) is 0.832. The molecule has 1 aliphatic rings. The molecule has 9 heavy (non-hydrogen) atoms. The summed E-state index contributed by atoms with van der Waals surface area (Å²) < 4.78 is 0. The van der Waals surface area contributed by atoms with Crippen LogP contribution in [0.1, 0.15) is 6.42 Å². The van der Waals surface area contributed by atoms with Gasteiger partial charge in [-0.15, -0.1) is 0 Å². The first-order valence-corrected chi connectivity index (χ1v) is 4.50. The Morgan fingerprint density at radius 2 is 2.67 bits per heavy atom. The van der Waals surface area contributed by atoms with Gasteiger partial charge in [0.25, 0.3) is 0 Å². The fourth-order valence-corrected chi connectivity index (χ4v) is 1.44. The third-order valence-corrected chi connectivity index (χ3v) is 2.00. The summed E-state index contributed by atoms with van der Waals surface area (Å²) in [4.78, 5) is 4.29. The first kappa shape index (κ1) is 6.87. The molecule has 0 amide bonds. The van der Waals surface area contributed by atoms with Crippen molar-refractivity contribution in [3.05, 3.63) is 12.2 Å². The molecule has 1 heterocycles. The van der Waals surface area contributed by atoms with E-state index >= 15 is 0 Å². The molecule has 50 valence electrons. The van der Waals surface area contributed by atoms with E-state index in [-0.39, 0.29) is 0 Å². The van der Waals surface area contributed by atoms with Crippen LogP contribution in [0.15, 0.2) is 17.1 Å². The molecular weight excluding hydrogens is 130 g/mol. The third-order valence-electron chi connectivity index (χ3n) is 1.29. The van der Waals surface area contributed by atoms with E-state index < -0.39 is 0 Å². The van der Waals surface area contributed by atoms with Gasteiger partial charge in [-0.05, 0) is 18.8 Å². The molecule has 0 aliphatic carbocycles. The third kappa shape index (κ3) is 2.22. The Morgan fingerprint density at radius 3 is 3.22 bits per heavy atom. The highest BCUT2D eigenvalue weighted by atomic mass is 32.2. The van der Waals surface area contributed by atoms with Crippen LogP contribution in [0.3, 0.4) is 0 Å². The van der Waals surface area contributed by atoms with Gasteiger partial charge in [-0.2, -0.15) is 11.8 Å². The molecule has 0 aromatic heterocycles. The van der Waals surface area contributed by atoms with Gasteiger partial charge >= 0.3 is 0 Å². The minimum absolute atomic E-state index is 0.546. The second-order valence-electron chi connectivity index (χ2n) is 2.07. The van der Waals surface area contributed by atoms with Gasteiger partial charge in [-0.25, -0.2) is 0 Å². The van der Waals surface area contributed by atoms with Gasteiger partial charge in [0.1, 0.15) is 0 Å². The van der Waals surface area contributed by atoms with E-state index in [0.29, 0.717) is 6.04 Å². The zero-order chi connectivity index (χ0) is 6.53. The summed E-state index contributed by atoms with van der Waals surface area (Å²) in [5.74, 6) is 1.15. The van der Waals surface area contributed by atoms with Gasteiger partial charge in [0.2, 0.25) is 0 Å². The van der Waals surface area contributed by atoms with E-state index in [4.69, 9.17) is 0 Å². The predicted molar refractivity (Wildman–Crippen MR) is 44.4 cm³/mol. The van der Waals surface area contributed by atoms with Crippen LogP contribution in [0, 0.1) is 0 Å². The molecule has 0 N–H and O–H groups in total. The maximum atomic E-state index is 4.29. The molecule has 0 aromatic rings. The first-order chi connectivity index (χ1) is 4.43. The number of thioether (sulfide) groups is 1. The molecule has 1 atom stereocenters. The second-order valence-corrected chi connectivity index (χ2v) is 2.98. The zero-order valence-corrected chi connectivity index (χ0v) is 6.40. The topological polar surface area (TPSA) is 12.4 Å². The number of nitrogens with zero attached hydrogens (tertiary/aromatic N) is 1. The van der Waals surface area contributed by atoms with Crippen molar-refractivity contribution in [2.24, 2.45) is 4.99 Å². The molecule has 0 bridgehead atoms. The van der Waals surface area contributed by atoms with Crippen molar-refractivity contribution in [2.75, 3.05) is 12.0 Å². The van der Waals surface area contributed by atoms with Crippen molar-refractivity contribution in [1.29, 1.82) is 0 Å². The lowest BCUT2D eigenvalue weighted by atomic mass is 10.2. The Kier molecular flexibility index (Phi) is 2.84. The van der Waals surface area contributed by atoms with Crippen LogP contribution in [0.25, 0.3) is 0 Å². The molecule has 0 saturated heterocycles. The molecule has 1 unspecified atom stereocenters. The average molecular weight is 141 g/mol. The van der Waals surface area contributed by atoms with Crippen LogP contribution in [0.2, 0.25) is 0 Å². The van der Waals surface area contributed by atoms with E-state index in [1.165, 1.54) is 0 Å². The van der Waals surface area contributed by atoms with Gasteiger partial charge in [0.05, 0.1) is 6.04 Å². The summed E-state index contributed by atoms with van der Waals surface area (Å²) in [6.45, 7) is 0. The lowest BCUT2D eigenvalue weighted by Crippen LogP contribution is -2.08. The standard InChI is InChI=1S/C7H11NS/c1-9-6-7-4-2-3-5-8-7/h2-3,5,7H,4,6H2,1H3. The quantitative estimate of drug-likeness (QED) is 0.570. The van der Waals surface area contributed by atoms with Gasteiger partial charge in [0.15, 0.2) is 0 Å². The van der Waals surface area contributed by atoms with Gasteiger partial charge in [-0.1, -0.05) is 6.08 Å². The number of aliphatic imine (C=N–C) groups is 1. The Hall–Kier alpha value is -0.240. The van der Waals surface area contributed by atoms with Crippen LogP contribution >= 0.6 is 11.8 Å². The second kappa shape index (κ2) is 3.72. The number of rotatable bonds is 2. The molecule has 0 radical (unpaired) electrons. The minimum atomic E-state index is 0.546. The highest BCUT2D eigenvalue weighted by Crippen LogP contribution is 2.08. The lowest BCUT2D eigenvalue weighted by Gasteiger charge is -2.09. The first-order valence-electron chi connectivity index (χ1n) is 3.10. The van der Waals surface area contributed by atoms with Gasteiger partial charge in [0, 0.05) is 12.0 Å². The molecule has 0 aromatic carbocycles. The van der Waals surface area contributed by atoms with Crippen LogP contribution < -0.4 is 0 Å². The van der Waals surface area contributed by atoms with Crippen molar-refractivity contribution in [3.63, 3.8) is 0 Å². The van der Waals surface area contributed by atoms with Crippen LogP contribution in [0.5, 0.6) is 0 Å². The maximum absolute atomic E-state index is 4.29. The van der Waals surface area contributed by atoms with Crippen molar-refractivity contribution in [3.8, 4) is 0 Å². The lowest BCUT2D eigenvalue weighted by molar-refractivity contribution is 0.769. The predicted octanol–water partition coefficient (Wildman–Crippen LogP) is 1.75. The Morgan fingerprint density at radius 1 is 1.78 bits per heavy atom. The molecule has 0 saturated carbocycles. The fraction of sp³-hybridized carbons (Fsp3) is 0.571. The van der Waals surface area contributed by atoms with Crippen molar-refractivity contribution < 1.29 is 0 Å². The van der Waals surface area contributed by atoms with E-state index in [1.54, 1.807) is 0 Å². The Balaban J connectivity index is 2.28. The summed E-state index contributed by atoms with van der Waals surface area (Å²) >= 11 is 1.86.